The van der Waals surface area contributed by atoms with E-state index in [0.717, 1.165) is 33.5 Å². The van der Waals surface area contributed by atoms with E-state index in [9.17, 15) is 9.18 Å². The molecule has 0 fully saturated rings. The molecule has 9 nitrogen and oxygen atoms in total. The fraction of sp³-hybridized carbons (Fsp3) is 0.233. The van der Waals surface area contributed by atoms with Gasteiger partial charge in [0, 0.05) is 46.5 Å². The van der Waals surface area contributed by atoms with E-state index in [1.54, 1.807) is 23.4 Å². The molecule has 214 valence electrons. The van der Waals surface area contributed by atoms with Crippen molar-refractivity contribution in [2.75, 3.05) is 20.3 Å². The van der Waals surface area contributed by atoms with Gasteiger partial charge in [0.2, 0.25) is 5.91 Å². The third-order valence-corrected chi connectivity index (χ3v) is 8.08. The molecule has 12 heteroatoms. The number of halogens is 2. The van der Waals surface area contributed by atoms with Crippen molar-refractivity contribution in [2.24, 2.45) is 0 Å². The van der Waals surface area contributed by atoms with Crippen LogP contribution in [0, 0.1) is 11.6 Å². The number of ether oxygens (including phenoxy) is 2. The van der Waals surface area contributed by atoms with Crippen LogP contribution >= 0.6 is 11.3 Å². The highest BCUT2D eigenvalue weighted by Crippen LogP contribution is 2.47. The third kappa shape index (κ3) is 4.92. The van der Waals surface area contributed by atoms with Gasteiger partial charge in [-0.25, -0.2) is 13.8 Å². The molecule has 1 aliphatic heterocycles. The number of rotatable bonds is 8. The Balaban J connectivity index is 1.62. The van der Waals surface area contributed by atoms with Gasteiger partial charge < -0.3 is 14.4 Å². The zero-order valence-electron chi connectivity index (χ0n) is 22.9. The molecule has 0 radical (unpaired) electrons. The molecule has 0 saturated carbocycles. The van der Waals surface area contributed by atoms with Gasteiger partial charge in [-0.15, -0.1) is 11.3 Å². The van der Waals surface area contributed by atoms with E-state index in [0.29, 0.717) is 35.7 Å². The number of carbonyl (C=O) groups excluding carboxylic acids is 1. The molecule has 0 N–H and O–H groups in total. The monoisotopic (exact) mass is 588 g/mol. The zero-order chi connectivity index (χ0) is 29.4. The maximum absolute atomic E-state index is 15.8. The standard InChI is InChI=1S/C30H26F2N6O3S/c1-4-25(39)37-16-20-13-23(36-38(20)15-17(37)2)29-27(26-22(32)11-19(31)12-24(26)41-9-8-40-3)30-21(6-10-42-30)28(35-29)18-5-7-33-34-14-18/h4-7,10-14,17H,1,8-9,15-16H2,2-3H3/t17-/m1/s1. The molecule has 0 bridgehead atoms. The van der Waals surface area contributed by atoms with Crippen LogP contribution in [0.2, 0.25) is 0 Å². The van der Waals surface area contributed by atoms with Crippen LogP contribution in [0.1, 0.15) is 12.6 Å². The third-order valence-electron chi connectivity index (χ3n) is 7.14. The predicted molar refractivity (Wildman–Crippen MR) is 155 cm³/mol. The molecule has 1 aliphatic rings. The highest BCUT2D eigenvalue weighted by molar-refractivity contribution is 7.18. The number of thiophene rings is 1. The van der Waals surface area contributed by atoms with Crippen molar-refractivity contribution in [3.05, 3.63) is 78.1 Å². The fourth-order valence-electron chi connectivity index (χ4n) is 5.18. The van der Waals surface area contributed by atoms with E-state index in [1.807, 2.05) is 29.1 Å². The van der Waals surface area contributed by atoms with Crippen LogP contribution in [0.5, 0.6) is 5.75 Å². The zero-order valence-corrected chi connectivity index (χ0v) is 23.7. The Morgan fingerprint density at radius 2 is 2.02 bits per heavy atom. The van der Waals surface area contributed by atoms with Crippen molar-refractivity contribution in [3.8, 4) is 39.5 Å². The first kappa shape index (κ1) is 27.6. The fourth-order valence-corrected chi connectivity index (χ4v) is 6.13. The molecule has 6 rings (SSSR count). The summed E-state index contributed by atoms with van der Waals surface area (Å²) in [7, 11) is 1.52. The lowest BCUT2D eigenvalue weighted by Gasteiger charge is -2.33. The van der Waals surface area contributed by atoms with E-state index >= 15 is 4.39 Å². The maximum Gasteiger partial charge on any atom is 0.246 e. The summed E-state index contributed by atoms with van der Waals surface area (Å²) in [5.74, 6) is -1.70. The average molecular weight is 589 g/mol. The van der Waals surface area contributed by atoms with Gasteiger partial charge in [0.15, 0.2) is 0 Å². The summed E-state index contributed by atoms with van der Waals surface area (Å²) in [5.41, 5.74) is 3.49. The summed E-state index contributed by atoms with van der Waals surface area (Å²) in [6, 6.07) is 7.44. The SMILES string of the molecule is C=CC(=O)N1Cc2cc(-c3nc(-c4ccnnc4)c4ccsc4c3-c3c(F)cc(F)cc3OCCOC)nn2C[C@H]1C. The van der Waals surface area contributed by atoms with Crippen molar-refractivity contribution in [1.29, 1.82) is 0 Å². The molecule has 4 aromatic heterocycles. The minimum Gasteiger partial charge on any atom is -0.490 e. The molecule has 5 aromatic rings. The number of carbonyl (C=O) groups is 1. The molecule has 1 atom stereocenters. The lowest BCUT2D eigenvalue weighted by Crippen LogP contribution is -2.44. The Hall–Kier alpha value is -4.55. The summed E-state index contributed by atoms with van der Waals surface area (Å²) in [6.45, 7) is 6.68. The Bertz CT molecular complexity index is 1810. The van der Waals surface area contributed by atoms with Crippen LogP contribution in [-0.2, 0) is 22.6 Å². The minimum atomic E-state index is -0.793. The summed E-state index contributed by atoms with van der Waals surface area (Å²) in [4.78, 5) is 19.3. The molecule has 0 aliphatic carbocycles. The maximum atomic E-state index is 15.8. The van der Waals surface area contributed by atoms with Gasteiger partial charge in [0.05, 0.1) is 49.0 Å². The van der Waals surface area contributed by atoms with Gasteiger partial charge in [-0.1, -0.05) is 6.58 Å². The molecular formula is C30H26F2N6O3S. The normalized spacial score (nSPS) is 14.7. The molecule has 1 amide bonds. The summed E-state index contributed by atoms with van der Waals surface area (Å²) in [5, 5.41) is 15.4. The molecule has 0 saturated heterocycles. The quantitative estimate of drug-likeness (QED) is 0.174. The topological polar surface area (TPSA) is 95.3 Å². The largest absolute Gasteiger partial charge is 0.490 e. The summed E-state index contributed by atoms with van der Waals surface area (Å²) in [6.07, 6.45) is 4.48. The van der Waals surface area contributed by atoms with Crippen molar-refractivity contribution in [3.63, 3.8) is 0 Å². The van der Waals surface area contributed by atoms with Crippen LogP contribution in [0.25, 0.3) is 43.9 Å². The predicted octanol–water partition coefficient (Wildman–Crippen LogP) is 5.50. The van der Waals surface area contributed by atoms with Crippen molar-refractivity contribution >= 4 is 27.3 Å². The molecule has 0 unspecified atom stereocenters. The molecule has 0 spiro atoms. The van der Waals surface area contributed by atoms with Crippen LogP contribution in [0.3, 0.4) is 0 Å². The number of aromatic nitrogens is 5. The number of fused-ring (bicyclic) bond motifs is 2. The molecule has 42 heavy (non-hydrogen) atoms. The molecule has 1 aromatic carbocycles. The molecule has 5 heterocycles. The first-order chi connectivity index (χ1) is 20.4. The Morgan fingerprint density at radius 1 is 1.17 bits per heavy atom. The number of benzene rings is 1. The highest BCUT2D eigenvalue weighted by atomic mass is 32.1. The minimum absolute atomic E-state index is 0.0287. The lowest BCUT2D eigenvalue weighted by atomic mass is 9.97. The van der Waals surface area contributed by atoms with Crippen LogP contribution < -0.4 is 4.74 Å². The van der Waals surface area contributed by atoms with Gasteiger partial charge in [-0.3, -0.25) is 9.48 Å². The number of methoxy groups -OCH3 is 1. The van der Waals surface area contributed by atoms with Crippen molar-refractivity contribution in [2.45, 2.75) is 26.1 Å². The van der Waals surface area contributed by atoms with Gasteiger partial charge >= 0.3 is 0 Å². The van der Waals surface area contributed by atoms with Gasteiger partial charge in [-0.2, -0.15) is 15.3 Å². The highest BCUT2D eigenvalue weighted by Gasteiger charge is 2.30. The first-order valence-corrected chi connectivity index (χ1v) is 14.1. The van der Waals surface area contributed by atoms with Crippen molar-refractivity contribution < 1.29 is 23.0 Å². The van der Waals surface area contributed by atoms with Crippen LogP contribution in [0.4, 0.5) is 8.78 Å². The van der Waals surface area contributed by atoms with E-state index in [4.69, 9.17) is 19.6 Å². The number of nitrogens with zero attached hydrogens (tertiary/aromatic N) is 6. The van der Waals surface area contributed by atoms with Crippen LogP contribution in [0.15, 0.2) is 60.8 Å². The first-order valence-electron chi connectivity index (χ1n) is 13.2. The second-order valence-electron chi connectivity index (χ2n) is 9.80. The summed E-state index contributed by atoms with van der Waals surface area (Å²) < 4.78 is 43.8. The summed E-state index contributed by atoms with van der Waals surface area (Å²) >= 11 is 1.40. The molecular weight excluding hydrogens is 562 g/mol. The number of pyridine rings is 1. The Morgan fingerprint density at radius 3 is 2.79 bits per heavy atom. The lowest BCUT2D eigenvalue weighted by molar-refractivity contribution is -0.129. The van der Waals surface area contributed by atoms with E-state index in [-0.39, 0.29) is 36.5 Å². The number of amides is 1. The second kappa shape index (κ2) is 11.4. The van der Waals surface area contributed by atoms with Gasteiger partial charge in [0.25, 0.3) is 0 Å². The Kier molecular flexibility index (Phi) is 7.48. The van der Waals surface area contributed by atoms with Crippen LogP contribution in [-0.4, -0.2) is 62.1 Å². The average Bonchev–Trinajstić information content (AvgIpc) is 3.64. The van der Waals surface area contributed by atoms with Crippen molar-refractivity contribution in [1.82, 2.24) is 29.9 Å². The van der Waals surface area contributed by atoms with Gasteiger partial charge in [-0.05, 0) is 36.6 Å². The Labute approximate surface area is 244 Å². The number of hydrogen-bond donors (Lipinski definition) is 0. The van der Waals surface area contributed by atoms with E-state index in [1.165, 1.54) is 24.5 Å². The number of hydrogen-bond acceptors (Lipinski definition) is 8. The second-order valence-corrected chi connectivity index (χ2v) is 10.7. The van der Waals surface area contributed by atoms with E-state index < -0.39 is 11.6 Å². The van der Waals surface area contributed by atoms with E-state index in [2.05, 4.69) is 16.8 Å². The smallest absolute Gasteiger partial charge is 0.246 e. The van der Waals surface area contributed by atoms with Gasteiger partial charge in [0.1, 0.15) is 35.4 Å².